The van der Waals surface area contributed by atoms with Gasteiger partial charge in [-0.15, -0.1) is 0 Å². The van der Waals surface area contributed by atoms with Gasteiger partial charge in [0.25, 0.3) is 0 Å². The van der Waals surface area contributed by atoms with E-state index in [-0.39, 0.29) is 0 Å². The third-order valence-electron chi connectivity index (χ3n) is 3.95. The molecule has 1 heterocycles. The van der Waals surface area contributed by atoms with Gasteiger partial charge in [0.1, 0.15) is 0 Å². The molecule has 1 aliphatic rings. The molecule has 1 unspecified atom stereocenters. The predicted molar refractivity (Wildman–Crippen MR) is 91.6 cm³/mol. The Bertz CT molecular complexity index is 384. The standard InChI is InChI=1S/C12H20N2.C6H13N/c1-9(2)14-7-11(4)12-5-10(3)6-13-8-12;7-6-4-2-1-3-5-6/h5-6,8-9,11,14H,7H2,1-4H3;6H,1-5,7H2. The quantitative estimate of drug-likeness (QED) is 0.888. The molecule has 3 nitrogen and oxygen atoms in total. The maximum absolute atomic E-state index is 5.63. The first-order valence-corrected chi connectivity index (χ1v) is 8.39. The summed E-state index contributed by atoms with van der Waals surface area (Å²) in [5.41, 5.74) is 8.19. The number of nitrogens with two attached hydrogens (primary N) is 1. The zero-order valence-electron chi connectivity index (χ0n) is 14.2. The summed E-state index contributed by atoms with van der Waals surface area (Å²) in [4.78, 5) is 4.20. The van der Waals surface area contributed by atoms with Crippen molar-refractivity contribution >= 4 is 0 Å². The molecule has 2 rings (SSSR count). The number of nitrogens with zero attached hydrogens (tertiary/aromatic N) is 1. The first kappa shape index (κ1) is 18.1. The highest BCUT2D eigenvalue weighted by molar-refractivity contribution is 5.20. The Kier molecular flexibility index (Phi) is 8.55. The van der Waals surface area contributed by atoms with E-state index in [1.54, 1.807) is 0 Å². The number of hydrogen-bond donors (Lipinski definition) is 2. The summed E-state index contributed by atoms with van der Waals surface area (Å²) in [6, 6.07) is 3.30. The first-order chi connectivity index (χ1) is 9.99. The number of rotatable bonds is 4. The van der Waals surface area contributed by atoms with Gasteiger partial charge in [-0.2, -0.15) is 0 Å². The molecule has 0 spiro atoms. The van der Waals surface area contributed by atoms with Crippen molar-refractivity contribution in [1.29, 1.82) is 0 Å². The Morgan fingerprint density at radius 2 is 1.86 bits per heavy atom. The lowest BCUT2D eigenvalue weighted by Gasteiger charge is -2.15. The molecule has 0 aliphatic heterocycles. The fraction of sp³-hybridized carbons (Fsp3) is 0.722. The highest BCUT2D eigenvalue weighted by Gasteiger charge is 2.06. The number of aromatic nitrogens is 1. The lowest BCUT2D eigenvalue weighted by molar-refractivity contribution is 0.441. The summed E-state index contributed by atoms with van der Waals surface area (Å²) in [7, 11) is 0. The third kappa shape index (κ3) is 8.18. The van der Waals surface area contributed by atoms with E-state index in [4.69, 9.17) is 5.73 Å². The average molecular weight is 291 g/mol. The molecular formula is C18H33N3. The molecule has 1 saturated carbocycles. The molecule has 1 aliphatic carbocycles. The maximum Gasteiger partial charge on any atom is 0.0303 e. The van der Waals surface area contributed by atoms with E-state index < -0.39 is 0 Å². The topological polar surface area (TPSA) is 50.9 Å². The summed E-state index contributed by atoms with van der Waals surface area (Å²) in [5, 5.41) is 3.44. The van der Waals surface area contributed by atoms with Gasteiger partial charge >= 0.3 is 0 Å². The molecule has 1 atom stereocenters. The van der Waals surface area contributed by atoms with Crippen LogP contribution >= 0.6 is 0 Å². The van der Waals surface area contributed by atoms with Crippen LogP contribution < -0.4 is 11.1 Å². The van der Waals surface area contributed by atoms with E-state index in [9.17, 15) is 0 Å². The summed E-state index contributed by atoms with van der Waals surface area (Å²) < 4.78 is 0. The van der Waals surface area contributed by atoms with Crippen LogP contribution in [0.1, 0.15) is 69.9 Å². The van der Waals surface area contributed by atoms with E-state index in [2.05, 4.69) is 44.1 Å². The van der Waals surface area contributed by atoms with Gasteiger partial charge in [-0.25, -0.2) is 0 Å². The highest BCUT2D eigenvalue weighted by atomic mass is 14.9. The zero-order valence-corrected chi connectivity index (χ0v) is 14.2. The molecule has 0 amide bonds. The molecule has 3 N–H and O–H groups in total. The fourth-order valence-electron chi connectivity index (χ4n) is 2.51. The van der Waals surface area contributed by atoms with Crippen LogP contribution in [0.15, 0.2) is 18.5 Å². The van der Waals surface area contributed by atoms with E-state index in [1.165, 1.54) is 43.2 Å². The van der Waals surface area contributed by atoms with Gasteiger partial charge in [-0.3, -0.25) is 4.98 Å². The highest BCUT2D eigenvalue weighted by Crippen LogP contribution is 2.15. The van der Waals surface area contributed by atoms with E-state index in [0.29, 0.717) is 18.0 Å². The number of nitrogens with one attached hydrogen (secondary N) is 1. The summed E-state index contributed by atoms with van der Waals surface area (Å²) in [5.74, 6) is 0.532. The van der Waals surface area contributed by atoms with Crippen LogP contribution in [0.4, 0.5) is 0 Å². The number of hydrogen-bond acceptors (Lipinski definition) is 3. The van der Waals surface area contributed by atoms with Crippen LogP contribution in [-0.4, -0.2) is 23.6 Å². The average Bonchev–Trinajstić information content (AvgIpc) is 2.46. The number of aryl methyl sites for hydroxylation is 1. The summed E-state index contributed by atoms with van der Waals surface area (Å²) >= 11 is 0. The predicted octanol–water partition coefficient (Wildman–Crippen LogP) is 3.77. The van der Waals surface area contributed by atoms with Crippen LogP contribution in [0, 0.1) is 6.92 Å². The van der Waals surface area contributed by atoms with Crippen LogP contribution in [0.2, 0.25) is 0 Å². The van der Waals surface area contributed by atoms with E-state index in [0.717, 1.165) is 6.54 Å². The molecule has 0 aromatic carbocycles. The van der Waals surface area contributed by atoms with Crippen LogP contribution in [-0.2, 0) is 0 Å². The Hall–Kier alpha value is -0.930. The van der Waals surface area contributed by atoms with Gasteiger partial charge in [0, 0.05) is 31.0 Å². The Balaban J connectivity index is 0.000000262. The molecule has 0 radical (unpaired) electrons. The molecule has 120 valence electrons. The van der Waals surface area contributed by atoms with Gasteiger partial charge in [-0.05, 0) is 36.8 Å². The maximum atomic E-state index is 5.63. The van der Waals surface area contributed by atoms with Gasteiger partial charge in [0.2, 0.25) is 0 Å². The third-order valence-corrected chi connectivity index (χ3v) is 3.95. The lowest BCUT2D eigenvalue weighted by atomic mass is 9.97. The van der Waals surface area contributed by atoms with Crippen LogP contribution in [0.25, 0.3) is 0 Å². The van der Waals surface area contributed by atoms with Crippen molar-refractivity contribution in [2.24, 2.45) is 5.73 Å². The lowest BCUT2D eigenvalue weighted by Crippen LogP contribution is -2.27. The second kappa shape index (κ2) is 9.91. The Labute approximate surface area is 130 Å². The van der Waals surface area contributed by atoms with Crippen molar-refractivity contribution in [3.63, 3.8) is 0 Å². The minimum absolute atomic E-state index is 0.532. The molecule has 3 heteroatoms. The van der Waals surface area contributed by atoms with Crippen molar-refractivity contribution in [3.05, 3.63) is 29.6 Å². The van der Waals surface area contributed by atoms with Gasteiger partial charge in [0.15, 0.2) is 0 Å². The van der Waals surface area contributed by atoms with Crippen molar-refractivity contribution in [3.8, 4) is 0 Å². The van der Waals surface area contributed by atoms with E-state index >= 15 is 0 Å². The van der Waals surface area contributed by atoms with Gasteiger partial charge < -0.3 is 11.1 Å². The van der Waals surface area contributed by atoms with Crippen molar-refractivity contribution in [2.45, 2.75) is 77.8 Å². The minimum atomic E-state index is 0.532. The number of pyridine rings is 1. The van der Waals surface area contributed by atoms with Crippen LogP contribution in [0.5, 0.6) is 0 Å². The molecule has 21 heavy (non-hydrogen) atoms. The second-order valence-electron chi connectivity index (χ2n) is 6.66. The molecule has 1 aromatic heterocycles. The molecule has 0 bridgehead atoms. The van der Waals surface area contributed by atoms with Gasteiger partial charge in [-0.1, -0.05) is 46.1 Å². The summed E-state index contributed by atoms with van der Waals surface area (Å²) in [6.07, 6.45) is 10.5. The molecular weight excluding hydrogens is 258 g/mol. The summed E-state index contributed by atoms with van der Waals surface area (Å²) in [6.45, 7) is 9.66. The van der Waals surface area contributed by atoms with Gasteiger partial charge in [0.05, 0.1) is 0 Å². The van der Waals surface area contributed by atoms with Crippen LogP contribution in [0.3, 0.4) is 0 Å². The SMILES string of the molecule is Cc1cncc(C(C)CNC(C)C)c1.NC1CCCCC1. The zero-order chi connectivity index (χ0) is 15.7. The second-order valence-corrected chi connectivity index (χ2v) is 6.66. The molecule has 1 fully saturated rings. The monoisotopic (exact) mass is 291 g/mol. The molecule has 0 saturated heterocycles. The smallest absolute Gasteiger partial charge is 0.0303 e. The Morgan fingerprint density at radius 3 is 2.33 bits per heavy atom. The van der Waals surface area contributed by atoms with Crippen molar-refractivity contribution < 1.29 is 0 Å². The fourth-order valence-corrected chi connectivity index (χ4v) is 2.51. The molecule has 1 aromatic rings. The normalized spacial score (nSPS) is 17.2. The Morgan fingerprint density at radius 1 is 1.19 bits per heavy atom. The van der Waals surface area contributed by atoms with Crippen molar-refractivity contribution in [2.75, 3.05) is 6.54 Å². The largest absolute Gasteiger partial charge is 0.328 e. The van der Waals surface area contributed by atoms with E-state index in [1.807, 2.05) is 12.4 Å². The van der Waals surface area contributed by atoms with Crippen molar-refractivity contribution in [1.82, 2.24) is 10.3 Å². The first-order valence-electron chi connectivity index (χ1n) is 8.39. The minimum Gasteiger partial charge on any atom is -0.328 e.